The van der Waals surface area contributed by atoms with Crippen molar-refractivity contribution in [2.75, 3.05) is 13.1 Å². The van der Waals surface area contributed by atoms with Crippen molar-refractivity contribution in [1.29, 1.82) is 0 Å². The summed E-state index contributed by atoms with van der Waals surface area (Å²) in [5.41, 5.74) is 1.09. The monoisotopic (exact) mass is 243 g/mol. The van der Waals surface area contributed by atoms with E-state index in [0.717, 1.165) is 25.1 Å². The Kier molecular flexibility index (Phi) is 2.65. The average molecular weight is 244 g/mol. The van der Waals surface area contributed by atoms with Crippen LogP contribution in [0.15, 0.2) is 22.7 Å². The lowest BCUT2D eigenvalue weighted by Crippen LogP contribution is -2.08. The Morgan fingerprint density at radius 1 is 1.46 bits per heavy atom. The highest BCUT2D eigenvalue weighted by atomic mass is 79.9. The largest absolute Gasteiger partial charge is 0.316 e. The molecule has 1 nitrogen and oxygen atoms in total. The van der Waals surface area contributed by atoms with Gasteiger partial charge in [0.1, 0.15) is 5.82 Å². The molecule has 0 bridgehead atoms. The van der Waals surface area contributed by atoms with Crippen molar-refractivity contribution in [3.05, 3.63) is 34.1 Å². The first-order chi connectivity index (χ1) is 6.29. The summed E-state index contributed by atoms with van der Waals surface area (Å²) in [6.07, 6.45) is 1.10. The predicted molar refractivity (Wildman–Crippen MR) is 54.3 cm³/mol. The molecule has 0 saturated carbocycles. The smallest absolute Gasteiger partial charge is 0.137 e. The Labute approximate surface area is 85.5 Å². The summed E-state index contributed by atoms with van der Waals surface area (Å²) < 4.78 is 13.8. The zero-order chi connectivity index (χ0) is 9.26. The topological polar surface area (TPSA) is 12.0 Å². The van der Waals surface area contributed by atoms with E-state index in [2.05, 4.69) is 21.2 Å². The molecule has 3 heteroatoms. The molecule has 13 heavy (non-hydrogen) atoms. The van der Waals surface area contributed by atoms with Crippen LogP contribution >= 0.6 is 15.9 Å². The summed E-state index contributed by atoms with van der Waals surface area (Å²) >= 11 is 3.29. The fourth-order valence-corrected chi connectivity index (χ4v) is 2.34. The summed E-state index contributed by atoms with van der Waals surface area (Å²) in [5, 5.41) is 3.27. The Morgan fingerprint density at radius 3 is 3.00 bits per heavy atom. The van der Waals surface area contributed by atoms with Crippen LogP contribution in [0.3, 0.4) is 0 Å². The van der Waals surface area contributed by atoms with Gasteiger partial charge in [-0.05, 0) is 46.4 Å². The van der Waals surface area contributed by atoms with Crippen LogP contribution in [0.25, 0.3) is 0 Å². The predicted octanol–water partition coefficient (Wildman–Crippen LogP) is 2.67. The van der Waals surface area contributed by atoms with Crippen LogP contribution < -0.4 is 5.32 Å². The van der Waals surface area contributed by atoms with Gasteiger partial charge in [-0.1, -0.05) is 12.1 Å². The molecule has 1 saturated heterocycles. The minimum atomic E-state index is -0.163. The van der Waals surface area contributed by atoms with Crippen molar-refractivity contribution in [2.24, 2.45) is 0 Å². The lowest BCUT2D eigenvalue weighted by atomic mass is 9.98. The molecule has 0 aromatic heterocycles. The van der Waals surface area contributed by atoms with Crippen molar-refractivity contribution in [3.8, 4) is 0 Å². The standard InChI is InChI=1S/C10H11BrFN/c11-10-8(2-1-3-9(10)12)7-4-5-13-6-7/h1-3,7,13H,4-6H2/t7-/m0/s1. The Morgan fingerprint density at radius 2 is 2.31 bits per heavy atom. The molecule has 0 amide bonds. The van der Waals surface area contributed by atoms with Gasteiger partial charge in [0.2, 0.25) is 0 Å². The van der Waals surface area contributed by atoms with Crippen molar-refractivity contribution in [1.82, 2.24) is 5.32 Å². The van der Waals surface area contributed by atoms with Gasteiger partial charge >= 0.3 is 0 Å². The van der Waals surface area contributed by atoms with E-state index >= 15 is 0 Å². The quantitative estimate of drug-likeness (QED) is 0.800. The highest BCUT2D eigenvalue weighted by Gasteiger charge is 2.19. The molecule has 1 aromatic rings. The van der Waals surface area contributed by atoms with Crippen LogP contribution in [0.1, 0.15) is 17.9 Å². The number of hydrogen-bond donors (Lipinski definition) is 1. The summed E-state index contributed by atoms with van der Waals surface area (Å²) in [7, 11) is 0. The molecule has 0 radical (unpaired) electrons. The van der Waals surface area contributed by atoms with Crippen molar-refractivity contribution in [3.63, 3.8) is 0 Å². The molecule has 0 spiro atoms. The number of rotatable bonds is 1. The third-order valence-corrected chi connectivity index (χ3v) is 3.32. The molecule has 1 aliphatic heterocycles. The van der Waals surface area contributed by atoms with E-state index in [1.807, 2.05) is 6.07 Å². The van der Waals surface area contributed by atoms with Gasteiger partial charge in [0.25, 0.3) is 0 Å². The normalized spacial score (nSPS) is 22.2. The van der Waals surface area contributed by atoms with E-state index in [1.165, 1.54) is 6.07 Å². The Hall–Kier alpha value is -0.410. The van der Waals surface area contributed by atoms with Crippen molar-refractivity contribution < 1.29 is 4.39 Å². The van der Waals surface area contributed by atoms with Gasteiger partial charge < -0.3 is 5.32 Å². The van der Waals surface area contributed by atoms with E-state index in [1.54, 1.807) is 6.07 Å². The van der Waals surface area contributed by atoms with Crippen LogP contribution in [0.4, 0.5) is 4.39 Å². The minimum Gasteiger partial charge on any atom is -0.316 e. The highest BCUT2D eigenvalue weighted by molar-refractivity contribution is 9.10. The first kappa shape index (κ1) is 9.16. The minimum absolute atomic E-state index is 0.163. The fraction of sp³-hybridized carbons (Fsp3) is 0.400. The van der Waals surface area contributed by atoms with Crippen molar-refractivity contribution >= 4 is 15.9 Å². The maximum Gasteiger partial charge on any atom is 0.137 e. The SMILES string of the molecule is Fc1cccc([C@H]2CCNC2)c1Br. The fourth-order valence-electron chi connectivity index (χ4n) is 1.76. The second-order valence-corrected chi connectivity index (χ2v) is 4.13. The summed E-state index contributed by atoms with van der Waals surface area (Å²) in [5.74, 6) is 0.300. The van der Waals surface area contributed by atoms with Crippen LogP contribution in [0, 0.1) is 5.82 Å². The second-order valence-electron chi connectivity index (χ2n) is 3.33. The molecular formula is C10H11BrFN. The summed E-state index contributed by atoms with van der Waals surface area (Å²) in [6.45, 7) is 2.00. The first-order valence-electron chi connectivity index (χ1n) is 4.43. The molecule has 0 unspecified atom stereocenters. The van der Waals surface area contributed by atoms with E-state index in [9.17, 15) is 4.39 Å². The molecule has 2 rings (SSSR count). The van der Waals surface area contributed by atoms with E-state index < -0.39 is 0 Å². The summed E-state index contributed by atoms with van der Waals surface area (Å²) in [6, 6.07) is 5.24. The highest BCUT2D eigenvalue weighted by Crippen LogP contribution is 2.30. The van der Waals surface area contributed by atoms with Gasteiger partial charge in [-0.25, -0.2) is 4.39 Å². The lowest BCUT2D eigenvalue weighted by Gasteiger charge is -2.11. The van der Waals surface area contributed by atoms with Gasteiger partial charge in [0.15, 0.2) is 0 Å². The molecule has 0 aliphatic carbocycles. The zero-order valence-corrected chi connectivity index (χ0v) is 8.77. The van der Waals surface area contributed by atoms with Gasteiger partial charge in [0, 0.05) is 6.54 Å². The van der Waals surface area contributed by atoms with Gasteiger partial charge in [0.05, 0.1) is 4.47 Å². The maximum absolute atomic E-state index is 13.2. The maximum atomic E-state index is 13.2. The van der Waals surface area contributed by atoms with E-state index in [0.29, 0.717) is 10.4 Å². The molecule has 70 valence electrons. The molecule has 1 N–H and O–H groups in total. The van der Waals surface area contributed by atoms with Crippen LogP contribution in [0.5, 0.6) is 0 Å². The van der Waals surface area contributed by atoms with Crippen LogP contribution in [-0.2, 0) is 0 Å². The molecular weight excluding hydrogens is 233 g/mol. The molecule has 1 atom stereocenters. The average Bonchev–Trinajstić information content (AvgIpc) is 2.62. The lowest BCUT2D eigenvalue weighted by molar-refractivity contribution is 0.613. The second kappa shape index (κ2) is 3.76. The number of benzene rings is 1. The Balaban J connectivity index is 2.33. The van der Waals surface area contributed by atoms with E-state index in [4.69, 9.17) is 0 Å². The number of nitrogens with one attached hydrogen (secondary N) is 1. The zero-order valence-electron chi connectivity index (χ0n) is 7.19. The van der Waals surface area contributed by atoms with Crippen LogP contribution in [-0.4, -0.2) is 13.1 Å². The van der Waals surface area contributed by atoms with E-state index in [-0.39, 0.29) is 5.82 Å². The summed E-state index contributed by atoms with van der Waals surface area (Å²) in [4.78, 5) is 0. The van der Waals surface area contributed by atoms with Crippen LogP contribution in [0.2, 0.25) is 0 Å². The Bertz CT molecular complexity index is 308. The third kappa shape index (κ3) is 1.76. The van der Waals surface area contributed by atoms with Gasteiger partial charge in [-0.15, -0.1) is 0 Å². The van der Waals surface area contributed by atoms with Crippen molar-refractivity contribution in [2.45, 2.75) is 12.3 Å². The first-order valence-corrected chi connectivity index (χ1v) is 5.23. The molecule has 1 aromatic carbocycles. The van der Waals surface area contributed by atoms with Gasteiger partial charge in [-0.3, -0.25) is 0 Å². The van der Waals surface area contributed by atoms with Gasteiger partial charge in [-0.2, -0.15) is 0 Å². The number of hydrogen-bond acceptors (Lipinski definition) is 1. The molecule has 1 fully saturated rings. The molecule has 1 aliphatic rings. The molecule has 1 heterocycles. The number of halogens is 2. The third-order valence-electron chi connectivity index (χ3n) is 2.48.